The quantitative estimate of drug-likeness (QED) is 0.420. The second-order valence-electron chi connectivity index (χ2n) is 1.86. The maximum atomic E-state index is 5.56. The molecule has 1 saturated carbocycles. The highest BCUT2D eigenvalue weighted by Gasteiger charge is 2.24. The molecule has 0 nitrogen and oxygen atoms in total. The fourth-order valence-electron chi connectivity index (χ4n) is 0.494. The summed E-state index contributed by atoms with van der Waals surface area (Å²) in [7, 11) is -1.35. The van der Waals surface area contributed by atoms with Crippen molar-refractivity contribution in [2.24, 2.45) is 5.92 Å². The molecular weight excluding hydrogens is 147 g/mol. The zero-order valence-corrected chi connectivity index (χ0v) is 6.57. The molecule has 1 aliphatic carbocycles. The second-order valence-corrected chi connectivity index (χ2v) is 6.41. The van der Waals surface area contributed by atoms with E-state index in [9.17, 15) is 0 Å². The largest absolute Gasteiger partial charge is 0.240 e. The SMILES string of the molecule is Cl[SiH](Cl)[CH]C1CC1. The van der Waals surface area contributed by atoms with Crippen LogP contribution in [0, 0.1) is 12.0 Å². The Balaban J connectivity index is 1.97. The van der Waals surface area contributed by atoms with Crippen LogP contribution >= 0.6 is 22.2 Å². The normalized spacial score (nSPS) is 21.0. The van der Waals surface area contributed by atoms with Gasteiger partial charge in [0.2, 0.25) is 7.42 Å². The van der Waals surface area contributed by atoms with E-state index < -0.39 is 7.42 Å². The fraction of sp³-hybridized carbons (Fsp3) is 0.750. The van der Waals surface area contributed by atoms with Gasteiger partial charge in [0, 0.05) is 0 Å². The first kappa shape index (κ1) is 5.93. The van der Waals surface area contributed by atoms with Crippen LogP contribution in [0.5, 0.6) is 0 Å². The van der Waals surface area contributed by atoms with E-state index in [4.69, 9.17) is 22.2 Å². The Morgan fingerprint density at radius 1 is 1.43 bits per heavy atom. The molecular formula is C4H7Cl2Si. The zero-order chi connectivity index (χ0) is 5.28. The Bertz CT molecular complexity index is 60.7. The highest BCUT2D eigenvalue weighted by molar-refractivity contribution is 7.35. The first-order chi connectivity index (χ1) is 3.29. The molecule has 1 radical (unpaired) electrons. The van der Waals surface area contributed by atoms with Crippen molar-refractivity contribution in [3.8, 4) is 0 Å². The standard InChI is InChI=1S/C4H7Cl2Si/c5-7(6)3-4-1-2-4/h3-4,7H,1-2H2. The maximum absolute atomic E-state index is 5.56. The lowest BCUT2D eigenvalue weighted by Crippen LogP contribution is -1.94. The molecule has 0 bridgehead atoms. The van der Waals surface area contributed by atoms with Gasteiger partial charge in [-0.2, -0.15) is 22.2 Å². The van der Waals surface area contributed by atoms with Gasteiger partial charge in [0.15, 0.2) is 0 Å². The first-order valence-electron chi connectivity index (χ1n) is 2.42. The predicted molar refractivity (Wildman–Crippen MR) is 35.9 cm³/mol. The van der Waals surface area contributed by atoms with Gasteiger partial charge < -0.3 is 0 Å². The van der Waals surface area contributed by atoms with Gasteiger partial charge in [-0.15, -0.1) is 0 Å². The van der Waals surface area contributed by atoms with Gasteiger partial charge in [-0.25, -0.2) is 0 Å². The molecule has 0 aromatic carbocycles. The van der Waals surface area contributed by atoms with Crippen LogP contribution in [0.2, 0.25) is 0 Å². The van der Waals surface area contributed by atoms with Gasteiger partial charge in [-0.3, -0.25) is 0 Å². The van der Waals surface area contributed by atoms with Crippen LogP contribution < -0.4 is 0 Å². The Labute approximate surface area is 54.8 Å². The van der Waals surface area contributed by atoms with Gasteiger partial charge in [0.1, 0.15) is 0 Å². The molecule has 0 amide bonds. The third-order valence-electron chi connectivity index (χ3n) is 1.04. The van der Waals surface area contributed by atoms with Crippen LogP contribution in [0.3, 0.4) is 0 Å². The monoisotopic (exact) mass is 153 g/mol. The van der Waals surface area contributed by atoms with Crippen LogP contribution in [0.1, 0.15) is 12.8 Å². The number of hydrogen-bond donors (Lipinski definition) is 0. The molecule has 0 heterocycles. The molecule has 0 saturated heterocycles. The Morgan fingerprint density at radius 3 is 2.14 bits per heavy atom. The summed E-state index contributed by atoms with van der Waals surface area (Å²) in [5.74, 6) is 0.798. The molecule has 0 N–H and O–H groups in total. The molecule has 1 rings (SSSR count). The molecule has 0 unspecified atom stereocenters. The van der Waals surface area contributed by atoms with E-state index in [-0.39, 0.29) is 0 Å². The molecule has 0 atom stereocenters. The van der Waals surface area contributed by atoms with E-state index in [1.165, 1.54) is 12.8 Å². The molecule has 3 heteroatoms. The van der Waals surface area contributed by atoms with Gasteiger partial charge in [0.05, 0.1) is 0 Å². The third kappa shape index (κ3) is 2.57. The van der Waals surface area contributed by atoms with E-state index in [1.54, 1.807) is 0 Å². The summed E-state index contributed by atoms with van der Waals surface area (Å²) in [6.45, 7) is 0. The second kappa shape index (κ2) is 2.38. The Kier molecular flexibility index (Phi) is 2.01. The van der Waals surface area contributed by atoms with Crippen molar-refractivity contribution in [3.63, 3.8) is 0 Å². The van der Waals surface area contributed by atoms with Crippen molar-refractivity contribution in [2.75, 3.05) is 0 Å². The predicted octanol–water partition coefficient (Wildman–Crippen LogP) is 1.84. The summed E-state index contributed by atoms with van der Waals surface area (Å²) < 4.78 is 0. The highest BCUT2D eigenvalue weighted by atomic mass is 35.7. The molecule has 0 aromatic rings. The van der Waals surface area contributed by atoms with Gasteiger partial charge in [-0.1, -0.05) is 12.8 Å². The summed E-state index contributed by atoms with van der Waals surface area (Å²) in [6, 6.07) is 2.11. The van der Waals surface area contributed by atoms with Crippen molar-refractivity contribution in [2.45, 2.75) is 12.8 Å². The third-order valence-corrected chi connectivity index (χ3v) is 2.75. The van der Waals surface area contributed by atoms with Crippen LogP contribution in [-0.4, -0.2) is 7.42 Å². The van der Waals surface area contributed by atoms with E-state index in [0.717, 1.165) is 5.92 Å². The minimum atomic E-state index is -1.35. The Hall–Kier alpha value is 0.797. The van der Waals surface area contributed by atoms with Gasteiger partial charge in [-0.05, 0) is 12.0 Å². The molecule has 41 valence electrons. The summed E-state index contributed by atoms with van der Waals surface area (Å²) >= 11 is 11.1. The van der Waals surface area contributed by atoms with E-state index in [1.807, 2.05) is 0 Å². The molecule has 0 spiro atoms. The summed E-state index contributed by atoms with van der Waals surface area (Å²) in [5.41, 5.74) is 0. The average Bonchev–Trinajstić information content (AvgIpc) is 2.17. The van der Waals surface area contributed by atoms with Gasteiger partial charge >= 0.3 is 0 Å². The molecule has 0 aliphatic heterocycles. The maximum Gasteiger partial charge on any atom is 0.240 e. The smallest absolute Gasteiger partial charge is 0.150 e. The molecule has 1 fully saturated rings. The topological polar surface area (TPSA) is 0 Å². The molecule has 1 aliphatic rings. The van der Waals surface area contributed by atoms with Crippen molar-refractivity contribution in [1.29, 1.82) is 0 Å². The van der Waals surface area contributed by atoms with Crippen molar-refractivity contribution in [3.05, 3.63) is 6.04 Å². The lowest BCUT2D eigenvalue weighted by atomic mass is 10.5. The minimum absolute atomic E-state index is 0.798. The van der Waals surface area contributed by atoms with Gasteiger partial charge in [0.25, 0.3) is 0 Å². The number of hydrogen-bond acceptors (Lipinski definition) is 0. The number of rotatable bonds is 2. The van der Waals surface area contributed by atoms with Crippen molar-refractivity contribution < 1.29 is 0 Å². The summed E-state index contributed by atoms with van der Waals surface area (Å²) in [4.78, 5) is 0. The van der Waals surface area contributed by atoms with E-state index in [0.29, 0.717) is 0 Å². The van der Waals surface area contributed by atoms with E-state index in [2.05, 4.69) is 6.04 Å². The average molecular weight is 154 g/mol. The van der Waals surface area contributed by atoms with Crippen molar-refractivity contribution in [1.82, 2.24) is 0 Å². The summed E-state index contributed by atoms with van der Waals surface area (Å²) in [6.07, 6.45) is 2.64. The lowest BCUT2D eigenvalue weighted by molar-refractivity contribution is 1.09. The number of halogens is 2. The Morgan fingerprint density at radius 2 is 2.00 bits per heavy atom. The van der Waals surface area contributed by atoms with Crippen LogP contribution in [0.25, 0.3) is 0 Å². The molecule has 0 aromatic heterocycles. The van der Waals surface area contributed by atoms with Crippen LogP contribution in [0.4, 0.5) is 0 Å². The zero-order valence-electron chi connectivity index (χ0n) is 3.90. The van der Waals surface area contributed by atoms with Crippen LogP contribution in [0.15, 0.2) is 0 Å². The summed E-state index contributed by atoms with van der Waals surface area (Å²) in [5, 5.41) is 0. The fourth-order valence-corrected chi connectivity index (χ4v) is 2.53. The minimum Gasteiger partial charge on any atom is -0.150 e. The van der Waals surface area contributed by atoms with Crippen LogP contribution in [-0.2, 0) is 0 Å². The molecule has 7 heavy (non-hydrogen) atoms. The lowest BCUT2D eigenvalue weighted by Gasteiger charge is -1.89. The van der Waals surface area contributed by atoms with Crippen molar-refractivity contribution >= 4 is 29.6 Å². The van der Waals surface area contributed by atoms with E-state index >= 15 is 0 Å². The highest BCUT2D eigenvalue weighted by Crippen LogP contribution is 2.33. The first-order valence-corrected chi connectivity index (χ1v) is 6.58.